The topological polar surface area (TPSA) is 47.9 Å². The molecule has 2 atom stereocenters. The molecule has 23 heavy (non-hydrogen) atoms. The number of nitrogens with one attached hydrogen (secondary N) is 1. The summed E-state index contributed by atoms with van der Waals surface area (Å²) in [5, 5.41) is 12.5. The fourth-order valence-electron chi connectivity index (χ4n) is 2.62. The average Bonchev–Trinajstić information content (AvgIpc) is 3.06. The molecule has 0 aliphatic carbocycles. The fraction of sp³-hybridized carbons (Fsp3) is 0.611. The quantitative estimate of drug-likeness (QED) is 0.457. The van der Waals surface area contributed by atoms with Gasteiger partial charge < -0.3 is 15.3 Å². The van der Waals surface area contributed by atoms with E-state index >= 15 is 0 Å². The average molecular weight is 336 g/mol. The summed E-state index contributed by atoms with van der Waals surface area (Å²) in [6.45, 7) is 8.02. The number of hydrogen-bond donors (Lipinski definition) is 2. The molecule has 4 nitrogen and oxygen atoms in total. The smallest absolute Gasteiger partial charge is 0.193 e. The third-order valence-electron chi connectivity index (χ3n) is 4.01. The van der Waals surface area contributed by atoms with Crippen LogP contribution in [0.5, 0.6) is 0 Å². The lowest BCUT2D eigenvalue weighted by Crippen LogP contribution is -2.40. The van der Waals surface area contributed by atoms with Crippen molar-refractivity contribution >= 4 is 17.7 Å². The first-order valence-electron chi connectivity index (χ1n) is 8.54. The van der Waals surface area contributed by atoms with Crippen LogP contribution in [0.2, 0.25) is 0 Å². The van der Waals surface area contributed by atoms with Crippen molar-refractivity contribution < 1.29 is 5.11 Å². The molecule has 0 spiro atoms. The maximum absolute atomic E-state index is 9.16. The minimum atomic E-state index is 0.194. The molecule has 2 unspecified atom stereocenters. The zero-order chi connectivity index (χ0) is 16.5. The van der Waals surface area contributed by atoms with Gasteiger partial charge in [-0.15, -0.1) is 11.8 Å². The van der Waals surface area contributed by atoms with Crippen LogP contribution in [0.15, 0.2) is 40.2 Å². The number of nitrogens with zero attached hydrogens (tertiary/aromatic N) is 2. The normalized spacial score (nSPS) is 19.9. The molecule has 0 radical (unpaired) electrons. The second kappa shape index (κ2) is 9.83. The lowest BCUT2D eigenvalue weighted by atomic mass is 10.2. The number of rotatable bonds is 7. The zero-order valence-electron chi connectivity index (χ0n) is 14.2. The molecule has 2 N–H and O–H groups in total. The van der Waals surface area contributed by atoms with Crippen LogP contribution in [-0.2, 0) is 0 Å². The Hall–Kier alpha value is -1.20. The van der Waals surface area contributed by atoms with Gasteiger partial charge in [0.15, 0.2) is 5.96 Å². The van der Waals surface area contributed by atoms with Crippen LogP contribution in [0.25, 0.3) is 0 Å². The summed E-state index contributed by atoms with van der Waals surface area (Å²) >= 11 is 1.95. The van der Waals surface area contributed by atoms with Gasteiger partial charge in [-0.25, -0.2) is 0 Å². The van der Waals surface area contributed by atoms with Gasteiger partial charge in [-0.1, -0.05) is 25.1 Å². The van der Waals surface area contributed by atoms with Gasteiger partial charge in [0.05, 0.1) is 0 Å². The molecule has 0 amide bonds. The van der Waals surface area contributed by atoms with Gasteiger partial charge in [-0.05, 0) is 37.3 Å². The summed E-state index contributed by atoms with van der Waals surface area (Å²) in [4.78, 5) is 8.40. The van der Waals surface area contributed by atoms with E-state index in [4.69, 9.17) is 5.11 Å². The first-order valence-corrected chi connectivity index (χ1v) is 9.53. The SMILES string of the molecule is CCNC(=NCC(C)CO)N1CCC(CSc2ccccc2)C1. The largest absolute Gasteiger partial charge is 0.396 e. The molecular formula is C18H29N3OS. The summed E-state index contributed by atoms with van der Waals surface area (Å²) < 4.78 is 0. The van der Waals surface area contributed by atoms with Crippen molar-refractivity contribution in [1.82, 2.24) is 10.2 Å². The Kier molecular flexibility index (Phi) is 7.76. The van der Waals surface area contributed by atoms with Crippen LogP contribution in [0.1, 0.15) is 20.3 Å². The molecule has 1 aliphatic rings. The third-order valence-corrected chi connectivity index (χ3v) is 5.26. The van der Waals surface area contributed by atoms with Crippen LogP contribution in [0.4, 0.5) is 0 Å². The van der Waals surface area contributed by atoms with E-state index in [1.807, 2.05) is 18.7 Å². The lowest BCUT2D eigenvalue weighted by molar-refractivity contribution is 0.241. The van der Waals surface area contributed by atoms with Gasteiger partial charge in [0, 0.05) is 43.4 Å². The molecule has 1 aromatic carbocycles. The van der Waals surface area contributed by atoms with Crippen molar-refractivity contribution in [2.24, 2.45) is 16.8 Å². The fourth-order valence-corrected chi connectivity index (χ4v) is 3.67. The number of aliphatic imine (C=N–C) groups is 1. The van der Waals surface area contributed by atoms with E-state index in [0.717, 1.165) is 31.3 Å². The van der Waals surface area contributed by atoms with Crippen molar-refractivity contribution in [3.05, 3.63) is 30.3 Å². The number of guanidine groups is 1. The number of aliphatic hydroxyl groups is 1. The molecule has 0 aromatic heterocycles. The van der Waals surface area contributed by atoms with E-state index < -0.39 is 0 Å². The summed E-state index contributed by atoms with van der Waals surface area (Å²) in [5.74, 6) is 3.09. The molecule has 128 valence electrons. The van der Waals surface area contributed by atoms with Crippen LogP contribution in [0.3, 0.4) is 0 Å². The maximum Gasteiger partial charge on any atom is 0.193 e. The van der Waals surface area contributed by atoms with E-state index in [-0.39, 0.29) is 12.5 Å². The molecule has 2 rings (SSSR count). The van der Waals surface area contributed by atoms with Crippen molar-refractivity contribution in [2.75, 3.05) is 38.5 Å². The second-order valence-electron chi connectivity index (χ2n) is 6.21. The number of thioether (sulfide) groups is 1. The van der Waals surface area contributed by atoms with Crippen molar-refractivity contribution in [3.8, 4) is 0 Å². The van der Waals surface area contributed by atoms with E-state index in [2.05, 4.69) is 52.5 Å². The Balaban J connectivity index is 1.83. The van der Waals surface area contributed by atoms with Crippen LogP contribution in [0, 0.1) is 11.8 Å². The van der Waals surface area contributed by atoms with Gasteiger partial charge in [0.2, 0.25) is 0 Å². The maximum atomic E-state index is 9.16. The Morgan fingerprint density at radius 1 is 1.43 bits per heavy atom. The van der Waals surface area contributed by atoms with Crippen LogP contribution in [-0.4, -0.2) is 54.5 Å². The highest BCUT2D eigenvalue weighted by Gasteiger charge is 2.24. The van der Waals surface area contributed by atoms with Crippen molar-refractivity contribution in [1.29, 1.82) is 0 Å². The number of hydrogen-bond acceptors (Lipinski definition) is 3. The van der Waals surface area contributed by atoms with E-state index in [0.29, 0.717) is 12.5 Å². The number of likely N-dealkylation sites (tertiary alicyclic amines) is 1. The molecule has 1 aliphatic heterocycles. The lowest BCUT2D eigenvalue weighted by Gasteiger charge is -2.22. The van der Waals surface area contributed by atoms with Crippen LogP contribution >= 0.6 is 11.8 Å². The van der Waals surface area contributed by atoms with E-state index in [1.165, 1.54) is 11.3 Å². The highest BCUT2D eigenvalue weighted by atomic mass is 32.2. The molecule has 1 fully saturated rings. The van der Waals surface area contributed by atoms with Crippen molar-refractivity contribution in [2.45, 2.75) is 25.2 Å². The first kappa shape index (κ1) is 18.1. The minimum absolute atomic E-state index is 0.194. The highest BCUT2D eigenvalue weighted by Crippen LogP contribution is 2.25. The zero-order valence-corrected chi connectivity index (χ0v) is 15.1. The van der Waals surface area contributed by atoms with E-state index in [1.54, 1.807) is 0 Å². The molecule has 1 aromatic rings. The second-order valence-corrected chi connectivity index (χ2v) is 7.30. The monoisotopic (exact) mass is 335 g/mol. The van der Waals surface area contributed by atoms with Gasteiger partial charge in [0.1, 0.15) is 0 Å². The standard InChI is InChI=1S/C18H29N3OS/c1-3-19-18(20-11-15(2)13-22)21-10-9-16(12-21)14-23-17-7-5-4-6-8-17/h4-8,15-16,22H,3,9-14H2,1-2H3,(H,19,20). The van der Waals surface area contributed by atoms with Crippen molar-refractivity contribution in [3.63, 3.8) is 0 Å². The molecule has 5 heteroatoms. The molecular weight excluding hydrogens is 306 g/mol. The summed E-state index contributed by atoms with van der Waals surface area (Å²) in [6.07, 6.45) is 1.22. The first-order chi connectivity index (χ1) is 11.2. The summed E-state index contributed by atoms with van der Waals surface area (Å²) in [7, 11) is 0. The predicted octanol–water partition coefficient (Wildman–Crippen LogP) is 2.69. The Labute approximate surface area is 144 Å². The minimum Gasteiger partial charge on any atom is -0.396 e. The van der Waals surface area contributed by atoms with Gasteiger partial charge in [0.25, 0.3) is 0 Å². The third kappa shape index (κ3) is 6.07. The molecule has 0 saturated carbocycles. The van der Waals surface area contributed by atoms with E-state index in [9.17, 15) is 0 Å². The Morgan fingerprint density at radius 2 is 2.22 bits per heavy atom. The summed E-state index contributed by atoms with van der Waals surface area (Å²) in [6, 6.07) is 10.6. The summed E-state index contributed by atoms with van der Waals surface area (Å²) in [5.41, 5.74) is 0. The highest BCUT2D eigenvalue weighted by molar-refractivity contribution is 7.99. The van der Waals surface area contributed by atoms with Gasteiger partial charge >= 0.3 is 0 Å². The number of benzene rings is 1. The number of aliphatic hydroxyl groups excluding tert-OH is 1. The molecule has 0 bridgehead atoms. The molecule has 1 saturated heterocycles. The Bertz CT molecular complexity index is 480. The van der Waals surface area contributed by atoms with Gasteiger partial charge in [-0.3, -0.25) is 4.99 Å². The van der Waals surface area contributed by atoms with Gasteiger partial charge in [-0.2, -0.15) is 0 Å². The predicted molar refractivity (Wildman–Crippen MR) is 99.1 cm³/mol. The Morgan fingerprint density at radius 3 is 2.91 bits per heavy atom. The molecule has 1 heterocycles. The van der Waals surface area contributed by atoms with Crippen LogP contribution < -0.4 is 5.32 Å².